The Bertz CT molecular complexity index is 742. The fourth-order valence-electron chi connectivity index (χ4n) is 2.45. The number of aliphatic hydroxyl groups excluding tert-OH is 1. The number of nitro benzene ring substituents is 1. The maximum Gasteiger partial charge on any atom is 0.293 e. The number of nitro groups is 1. The zero-order valence-electron chi connectivity index (χ0n) is 10.4. The zero-order chi connectivity index (χ0) is 14.3. The molecule has 8 nitrogen and oxygen atoms in total. The summed E-state index contributed by atoms with van der Waals surface area (Å²) in [6.07, 6.45) is 1.34. The molecule has 1 aromatic carbocycles. The lowest BCUT2D eigenvalue weighted by molar-refractivity contribution is -0.384. The van der Waals surface area contributed by atoms with Gasteiger partial charge in [0.15, 0.2) is 0 Å². The van der Waals surface area contributed by atoms with Crippen LogP contribution in [-0.4, -0.2) is 39.2 Å². The van der Waals surface area contributed by atoms with Crippen LogP contribution in [0.25, 0.3) is 10.9 Å². The summed E-state index contributed by atoms with van der Waals surface area (Å²) in [6, 6.07) is 2.77. The maximum atomic E-state index is 11.7. The van der Waals surface area contributed by atoms with Gasteiger partial charge in [-0.1, -0.05) is 0 Å². The highest BCUT2D eigenvalue weighted by molar-refractivity contribution is 5.87. The van der Waals surface area contributed by atoms with Crippen LogP contribution in [0, 0.1) is 10.1 Å². The van der Waals surface area contributed by atoms with E-state index in [-0.39, 0.29) is 11.1 Å². The monoisotopic (exact) mass is 276 g/mol. The third kappa shape index (κ3) is 1.99. The molecule has 1 fully saturated rings. The number of hydrogen-bond acceptors (Lipinski definition) is 6. The molecule has 0 unspecified atom stereocenters. The first-order chi connectivity index (χ1) is 9.56. The van der Waals surface area contributed by atoms with E-state index in [4.69, 9.17) is 0 Å². The summed E-state index contributed by atoms with van der Waals surface area (Å²) in [5.41, 5.74) is 0.226. The third-order valence-electron chi connectivity index (χ3n) is 3.44. The largest absolute Gasteiger partial charge is 0.391 e. The number of β-amino-alcohol motifs (C(OH)–C–C–N with tert-alkyl or cyclic N) is 1. The van der Waals surface area contributed by atoms with Crippen LogP contribution in [0.2, 0.25) is 0 Å². The molecule has 104 valence electrons. The molecule has 1 atom stereocenters. The van der Waals surface area contributed by atoms with E-state index >= 15 is 0 Å². The normalized spacial score (nSPS) is 18.6. The topological polar surface area (TPSA) is 112 Å². The fourth-order valence-corrected chi connectivity index (χ4v) is 2.45. The van der Waals surface area contributed by atoms with E-state index in [9.17, 15) is 20.0 Å². The highest BCUT2D eigenvalue weighted by atomic mass is 16.6. The molecule has 0 bridgehead atoms. The van der Waals surface area contributed by atoms with Gasteiger partial charge in [0.2, 0.25) is 0 Å². The third-order valence-corrected chi connectivity index (χ3v) is 3.44. The van der Waals surface area contributed by atoms with Crippen molar-refractivity contribution in [2.75, 3.05) is 18.0 Å². The number of H-pyrrole nitrogens is 1. The molecule has 1 aromatic heterocycles. The number of nitrogens with zero attached hydrogens (tertiary/aromatic N) is 3. The van der Waals surface area contributed by atoms with Gasteiger partial charge in [0.05, 0.1) is 28.3 Å². The Morgan fingerprint density at radius 1 is 1.50 bits per heavy atom. The Hall–Kier alpha value is -2.48. The molecular formula is C12H12N4O4. The van der Waals surface area contributed by atoms with Crippen LogP contribution in [0.4, 0.5) is 11.4 Å². The Morgan fingerprint density at radius 2 is 2.30 bits per heavy atom. The number of nitrogens with one attached hydrogen (secondary N) is 1. The lowest BCUT2D eigenvalue weighted by atomic mass is 10.1. The number of anilines is 1. The second kappa shape index (κ2) is 4.57. The molecule has 2 aromatic rings. The Kier molecular flexibility index (Phi) is 2.87. The first-order valence-electron chi connectivity index (χ1n) is 6.15. The number of hydrogen-bond donors (Lipinski definition) is 2. The molecule has 1 aliphatic rings. The molecule has 2 heterocycles. The van der Waals surface area contributed by atoms with Crippen molar-refractivity contribution in [1.82, 2.24) is 9.97 Å². The molecular weight excluding hydrogens is 264 g/mol. The summed E-state index contributed by atoms with van der Waals surface area (Å²) in [4.78, 5) is 30.5. The summed E-state index contributed by atoms with van der Waals surface area (Å²) in [7, 11) is 0. The van der Waals surface area contributed by atoms with Gasteiger partial charge < -0.3 is 15.0 Å². The van der Waals surface area contributed by atoms with E-state index in [2.05, 4.69) is 9.97 Å². The van der Waals surface area contributed by atoms with Crippen LogP contribution < -0.4 is 10.5 Å². The van der Waals surface area contributed by atoms with E-state index in [1.807, 2.05) is 0 Å². The minimum Gasteiger partial charge on any atom is -0.391 e. The molecule has 20 heavy (non-hydrogen) atoms. The summed E-state index contributed by atoms with van der Waals surface area (Å²) in [6.45, 7) is 0.881. The zero-order valence-corrected chi connectivity index (χ0v) is 10.4. The smallest absolute Gasteiger partial charge is 0.293 e. The predicted molar refractivity (Wildman–Crippen MR) is 71.9 cm³/mol. The summed E-state index contributed by atoms with van der Waals surface area (Å²) in [5.74, 6) is 0. The second-order valence-electron chi connectivity index (χ2n) is 4.74. The van der Waals surface area contributed by atoms with Crippen molar-refractivity contribution < 1.29 is 10.0 Å². The van der Waals surface area contributed by atoms with Crippen LogP contribution in [0.3, 0.4) is 0 Å². The molecule has 0 aliphatic carbocycles. The molecule has 1 saturated heterocycles. The average Bonchev–Trinajstić information content (AvgIpc) is 2.84. The molecule has 0 spiro atoms. The lowest BCUT2D eigenvalue weighted by Gasteiger charge is -2.17. The van der Waals surface area contributed by atoms with E-state index < -0.39 is 16.6 Å². The van der Waals surface area contributed by atoms with E-state index in [0.717, 1.165) is 0 Å². The minimum atomic E-state index is -0.522. The highest BCUT2D eigenvalue weighted by Crippen LogP contribution is 2.33. The van der Waals surface area contributed by atoms with Gasteiger partial charge >= 0.3 is 0 Å². The molecule has 8 heteroatoms. The number of rotatable bonds is 2. The van der Waals surface area contributed by atoms with Crippen LogP contribution in [0.1, 0.15) is 6.42 Å². The number of fused-ring (bicyclic) bond motifs is 1. The minimum absolute atomic E-state index is 0.148. The molecule has 2 N–H and O–H groups in total. The summed E-state index contributed by atoms with van der Waals surface area (Å²) >= 11 is 0. The van der Waals surface area contributed by atoms with E-state index in [0.29, 0.717) is 30.7 Å². The molecule has 3 rings (SSSR count). The predicted octanol–water partition coefficient (Wildman–Crippen LogP) is 0.402. The van der Waals surface area contributed by atoms with Crippen LogP contribution in [0.15, 0.2) is 23.3 Å². The van der Waals surface area contributed by atoms with Gasteiger partial charge in [-0.15, -0.1) is 0 Å². The fraction of sp³-hybridized carbons (Fsp3) is 0.333. The summed E-state index contributed by atoms with van der Waals surface area (Å²) < 4.78 is 0. The number of aromatic nitrogens is 2. The molecule has 1 aliphatic heterocycles. The number of aromatic amines is 1. The van der Waals surface area contributed by atoms with Gasteiger partial charge in [0.25, 0.3) is 11.2 Å². The van der Waals surface area contributed by atoms with Crippen LogP contribution >= 0.6 is 0 Å². The Labute approximate surface area is 112 Å². The van der Waals surface area contributed by atoms with Gasteiger partial charge in [-0.3, -0.25) is 14.9 Å². The van der Waals surface area contributed by atoms with E-state index in [1.165, 1.54) is 18.5 Å². The molecule has 0 radical (unpaired) electrons. The van der Waals surface area contributed by atoms with E-state index in [1.54, 1.807) is 4.90 Å². The number of benzene rings is 1. The van der Waals surface area contributed by atoms with Gasteiger partial charge in [-0.05, 0) is 12.5 Å². The maximum absolute atomic E-state index is 11.7. The highest BCUT2D eigenvalue weighted by Gasteiger charge is 2.27. The standard InChI is InChI=1S/C12H12N4O4/c17-7-1-2-15(5-7)10-4-9-8(3-11(10)16(19)20)12(18)14-6-13-9/h3-4,6-7,17H,1-2,5H2,(H,13,14,18)/t7-/m0/s1. The first-order valence-corrected chi connectivity index (χ1v) is 6.15. The van der Waals surface area contributed by atoms with Crippen LogP contribution in [-0.2, 0) is 0 Å². The van der Waals surface area contributed by atoms with Crippen molar-refractivity contribution in [2.24, 2.45) is 0 Å². The summed E-state index contributed by atoms with van der Waals surface area (Å²) in [5, 5.41) is 20.9. The molecule has 0 saturated carbocycles. The average molecular weight is 276 g/mol. The van der Waals surface area contributed by atoms with Gasteiger partial charge in [-0.2, -0.15) is 0 Å². The van der Waals surface area contributed by atoms with Gasteiger partial charge in [-0.25, -0.2) is 4.98 Å². The Balaban J connectivity index is 2.22. The molecule has 0 amide bonds. The van der Waals surface area contributed by atoms with Gasteiger partial charge in [0.1, 0.15) is 5.69 Å². The van der Waals surface area contributed by atoms with Crippen molar-refractivity contribution in [1.29, 1.82) is 0 Å². The van der Waals surface area contributed by atoms with Crippen molar-refractivity contribution in [3.05, 3.63) is 38.9 Å². The number of aliphatic hydroxyl groups is 1. The lowest BCUT2D eigenvalue weighted by Crippen LogP contribution is -2.22. The van der Waals surface area contributed by atoms with Crippen molar-refractivity contribution in [2.45, 2.75) is 12.5 Å². The van der Waals surface area contributed by atoms with Gasteiger partial charge in [0, 0.05) is 19.2 Å². The van der Waals surface area contributed by atoms with Crippen molar-refractivity contribution >= 4 is 22.3 Å². The van der Waals surface area contributed by atoms with Crippen LogP contribution in [0.5, 0.6) is 0 Å². The van der Waals surface area contributed by atoms with Crippen molar-refractivity contribution in [3.63, 3.8) is 0 Å². The van der Waals surface area contributed by atoms with Crippen molar-refractivity contribution in [3.8, 4) is 0 Å². The first kappa shape index (κ1) is 12.5. The second-order valence-corrected chi connectivity index (χ2v) is 4.74. The quantitative estimate of drug-likeness (QED) is 0.606. The Morgan fingerprint density at radius 3 is 2.95 bits per heavy atom. The SMILES string of the molecule is O=c1[nH]cnc2cc(N3CC[C@H](O)C3)c([N+](=O)[O-])cc12.